The van der Waals surface area contributed by atoms with Gasteiger partial charge in [0.1, 0.15) is 0 Å². The van der Waals surface area contributed by atoms with Crippen LogP contribution in [0.1, 0.15) is 51.6 Å². The molecule has 1 aromatic heterocycles. The number of Topliss-reactive ketones (excluding diaryl/α,β-unsaturated/α-hetero) is 1. The summed E-state index contributed by atoms with van der Waals surface area (Å²) in [6.45, 7) is 5.25. The number of nitrogens with zero attached hydrogens (tertiary/aromatic N) is 3. The summed E-state index contributed by atoms with van der Waals surface area (Å²) < 4.78 is 0. The summed E-state index contributed by atoms with van der Waals surface area (Å²) >= 11 is 1.03. The van der Waals surface area contributed by atoms with Crippen molar-refractivity contribution in [2.45, 2.75) is 33.6 Å². The molecule has 2 aromatic rings. The minimum atomic E-state index is -0.800. The lowest BCUT2D eigenvalue weighted by molar-refractivity contribution is -0.394. The quantitative estimate of drug-likeness (QED) is 0.604. The first-order chi connectivity index (χ1) is 13.0. The molecule has 1 amide bonds. The van der Waals surface area contributed by atoms with Crippen molar-refractivity contribution in [3.05, 3.63) is 54.1 Å². The van der Waals surface area contributed by atoms with Gasteiger partial charge in [-0.25, -0.2) is 4.98 Å². The van der Waals surface area contributed by atoms with Crippen molar-refractivity contribution in [3.63, 3.8) is 0 Å². The van der Waals surface area contributed by atoms with Gasteiger partial charge in [-0.15, -0.1) is 0 Å². The maximum atomic E-state index is 12.6. The van der Waals surface area contributed by atoms with Crippen LogP contribution in [0.15, 0.2) is 12.1 Å². The number of rotatable bonds is 4. The molecule has 1 heterocycles. The normalized spacial score (nSPS) is 15.0. The van der Waals surface area contributed by atoms with E-state index in [-0.39, 0.29) is 27.5 Å². The molecule has 11 heteroatoms. The molecule has 0 unspecified atom stereocenters. The van der Waals surface area contributed by atoms with Crippen LogP contribution in [0.4, 0.5) is 16.5 Å². The minimum Gasteiger partial charge on any atom is -0.298 e. The molecule has 3 rings (SSSR count). The zero-order valence-electron chi connectivity index (χ0n) is 15.3. The number of hydrogen-bond donors (Lipinski definition) is 1. The van der Waals surface area contributed by atoms with Crippen LogP contribution in [-0.2, 0) is 6.42 Å². The number of benzene rings is 1. The summed E-state index contributed by atoms with van der Waals surface area (Å²) in [7, 11) is 0. The lowest BCUT2D eigenvalue weighted by atomic mass is 9.78. The molecule has 146 valence electrons. The lowest BCUT2D eigenvalue weighted by Crippen LogP contribution is -2.26. The van der Waals surface area contributed by atoms with Gasteiger partial charge < -0.3 is 0 Å². The van der Waals surface area contributed by atoms with Crippen molar-refractivity contribution in [1.29, 1.82) is 0 Å². The molecule has 0 spiro atoms. The van der Waals surface area contributed by atoms with Gasteiger partial charge in [-0.05, 0) is 18.8 Å². The van der Waals surface area contributed by atoms with Crippen molar-refractivity contribution in [1.82, 2.24) is 4.98 Å². The molecule has 1 N–H and O–H groups in total. The molecular weight excluding hydrogens is 388 g/mol. The second kappa shape index (κ2) is 6.75. The van der Waals surface area contributed by atoms with Crippen LogP contribution in [0.5, 0.6) is 0 Å². The van der Waals surface area contributed by atoms with Crippen LogP contribution in [0, 0.1) is 32.6 Å². The number of non-ortho nitro benzene ring substituents is 1. The maximum Gasteiger partial charge on any atom is 0.279 e. The van der Waals surface area contributed by atoms with Gasteiger partial charge in [-0.2, -0.15) is 0 Å². The van der Waals surface area contributed by atoms with Gasteiger partial charge in [0, 0.05) is 18.1 Å². The summed E-state index contributed by atoms with van der Waals surface area (Å²) in [6, 6.07) is 1.80. The summed E-state index contributed by atoms with van der Waals surface area (Å²) in [5, 5.41) is 24.9. The van der Waals surface area contributed by atoms with E-state index in [9.17, 15) is 29.8 Å². The number of hydrogen-bond acceptors (Lipinski definition) is 8. The van der Waals surface area contributed by atoms with E-state index in [4.69, 9.17) is 0 Å². The number of carbonyl (C=O) groups excluding carboxylic acids is 2. The van der Waals surface area contributed by atoms with Crippen molar-refractivity contribution in [2.75, 3.05) is 5.32 Å². The zero-order chi connectivity index (χ0) is 20.8. The standard InChI is InChI=1S/C17H16N4O6S/c1-8-10(4-9(20(24)25)5-12(8)21(26)27)15(23)19-16-18-11-6-17(2,3)7-13(22)14(11)28-16/h4-5H,6-7H2,1-3H3,(H,18,19,23). The third-order valence-corrected chi connectivity index (χ3v) is 5.53. The van der Waals surface area contributed by atoms with Crippen molar-refractivity contribution < 1.29 is 19.4 Å². The number of carbonyl (C=O) groups is 2. The van der Waals surface area contributed by atoms with E-state index in [0.29, 0.717) is 23.4 Å². The number of amides is 1. The summed E-state index contributed by atoms with van der Waals surface area (Å²) in [5.41, 5.74) is -0.889. The van der Waals surface area contributed by atoms with Crippen molar-refractivity contribution >= 4 is 39.5 Å². The van der Waals surface area contributed by atoms with E-state index in [2.05, 4.69) is 10.3 Å². The van der Waals surface area contributed by atoms with Gasteiger partial charge in [0.25, 0.3) is 17.3 Å². The van der Waals surface area contributed by atoms with Crippen LogP contribution in [0.3, 0.4) is 0 Å². The highest BCUT2D eigenvalue weighted by atomic mass is 32.1. The van der Waals surface area contributed by atoms with Crippen molar-refractivity contribution in [2.24, 2.45) is 5.41 Å². The highest BCUT2D eigenvalue weighted by molar-refractivity contribution is 7.17. The Kier molecular flexibility index (Phi) is 4.71. The monoisotopic (exact) mass is 404 g/mol. The largest absolute Gasteiger partial charge is 0.298 e. The summed E-state index contributed by atoms with van der Waals surface area (Å²) in [6.07, 6.45) is 0.966. The molecule has 1 aliphatic rings. The van der Waals surface area contributed by atoms with Crippen LogP contribution >= 0.6 is 11.3 Å². The molecule has 0 aliphatic heterocycles. The Labute approximate surface area is 162 Å². The molecule has 0 saturated carbocycles. The summed E-state index contributed by atoms with van der Waals surface area (Å²) in [4.78, 5) is 50.3. The Balaban J connectivity index is 1.95. The molecule has 0 bridgehead atoms. The average Bonchev–Trinajstić information content (AvgIpc) is 2.95. The number of aromatic nitrogens is 1. The van der Waals surface area contributed by atoms with Gasteiger partial charge in [-0.1, -0.05) is 25.2 Å². The van der Waals surface area contributed by atoms with Gasteiger partial charge in [0.2, 0.25) is 0 Å². The predicted octanol–water partition coefficient (Wildman–Crippen LogP) is 3.68. The fourth-order valence-electron chi connectivity index (χ4n) is 3.15. The zero-order valence-corrected chi connectivity index (χ0v) is 16.1. The predicted molar refractivity (Wildman–Crippen MR) is 101 cm³/mol. The van der Waals surface area contributed by atoms with Crippen LogP contribution in [0.25, 0.3) is 0 Å². The van der Waals surface area contributed by atoms with Crippen molar-refractivity contribution in [3.8, 4) is 0 Å². The van der Waals surface area contributed by atoms with E-state index in [1.807, 2.05) is 13.8 Å². The minimum absolute atomic E-state index is 0.00614. The van der Waals surface area contributed by atoms with Gasteiger partial charge in [-0.3, -0.25) is 35.1 Å². The number of anilines is 1. The Bertz CT molecular complexity index is 1040. The number of nitrogens with one attached hydrogen (secondary N) is 1. The van der Waals surface area contributed by atoms with E-state index in [1.54, 1.807) is 0 Å². The number of nitro groups is 2. The second-order valence-corrected chi connectivity index (χ2v) is 8.34. The molecule has 0 radical (unpaired) electrons. The third-order valence-electron chi connectivity index (χ3n) is 4.47. The fourth-order valence-corrected chi connectivity index (χ4v) is 4.07. The molecule has 1 aromatic carbocycles. The first-order valence-electron chi connectivity index (χ1n) is 8.26. The Morgan fingerprint density at radius 1 is 1.21 bits per heavy atom. The number of fused-ring (bicyclic) bond motifs is 1. The number of thiazole rings is 1. The maximum absolute atomic E-state index is 12.6. The van der Waals surface area contributed by atoms with Crippen LogP contribution in [-0.4, -0.2) is 26.5 Å². The topological polar surface area (TPSA) is 145 Å². The first-order valence-corrected chi connectivity index (χ1v) is 9.08. The molecule has 0 atom stereocenters. The van der Waals surface area contributed by atoms with E-state index < -0.39 is 27.1 Å². The molecule has 28 heavy (non-hydrogen) atoms. The molecule has 10 nitrogen and oxygen atoms in total. The fraction of sp³-hybridized carbons (Fsp3) is 0.353. The smallest absolute Gasteiger partial charge is 0.279 e. The Morgan fingerprint density at radius 3 is 2.50 bits per heavy atom. The van der Waals surface area contributed by atoms with Crippen LogP contribution < -0.4 is 5.32 Å². The molecule has 0 saturated heterocycles. The highest BCUT2D eigenvalue weighted by Gasteiger charge is 2.34. The Hall–Kier alpha value is -3.21. The molecule has 0 fully saturated rings. The lowest BCUT2D eigenvalue weighted by Gasteiger charge is -2.26. The Morgan fingerprint density at radius 2 is 1.89 bits per heavy atom. The highest BCUT2D eigenvalue weighted by Crippen LogP contribution is 2.38. The number of nitro benzene ring substituents is 2. The number of ketones is 1. The van der Waals surface area contributed by atoms with Gasteiger partial charge in [0.15, 0.2) is 10.9 Å². The first kappa shape index (κ1) is 19.5. The van der Waals surface area contributed by atoms with Crippen LogP contribution in [0.2, 0.25) is 0 Å². The third kappa shape index (κ3) is 3.60. The SMILES string of the molecule is Cc1c(C(=O)Nc2nc3c(s2)C(=O)CC(C)(C)C3)cc([N+](=O)[O-])cc1[N+](=O)[O-]. The molecule has 1 aliphatic carbocycles. The van der Waals surface area contributed by atoms with E-state index in [1.165, 1.54) is 6.92 Å². The van der Waals surface area contributed by atoms with E-state index in [0.717, 1.165) is 23.5 Å². The van der Waals surface area contributed by atoms with Gasteiger partial charge in [0.05, 0.1) is 32.0 Å². The summed E-state index contributed by atoms with van der Waals surface area (Å²) in [5.74, 6) is -0.812. The average molecular weight is 404 g/mol. The van der Waals surface area contributed by atoms with Gasteiger partial charge >= 0.3 is 0 Å². The van der Waals surface area contributed by atoms with E-state index >= 15 is 0 Å². The molecular formula is C17H16N4O6S. The second-order valence-electron chi connectivity index (χ2n) is 7.34.